The van der Waals surface area contributed by atoms with Gasteiger partial charge in [-0.1, -0.05) is 30.3 Å². The van der Waals surface area contributed by atoms with Gasteiger partial charge in [-0.25, -0.2) is 0 Å². The number of hydrogen-bond acceptors (Lipinski definition) is 4. The zero-order chi connectivity index (χ0) is 17.7. The van der Waals surface area contributed by atoms with E-state index in [1.807, 2.05) is 31.2 Å². The van der Waals surface area contributed by atoms with Crippen LogP contribution in [0.4, 0.5) is 8.78 Å². The van der Waals surface area contributed by atoms with Crippen LogP contribution < -0.4 is 11.1 Å². The van der Waals surface area contributed by atoms with E-state index in [2.05, 4.69) is 10.3 Å². The Morgan fingerprint density at radius 1 is 1.17 bits per heavy atom. The molecular formula is C18H23F2N3O. The monoisotopic (exact) mass is 335 g/mol. The molecule has 0 amide bonds. The Labute approximate surface area is 140 Å². The number of likely N-dealkylation sites (N-methyl/N-ethyl adjacent to an activating group) is 1. The van der Waals surface area contributed by atoms with E-state index in [1.54, 1.807) is 13.1 Å². The van der Waals surface area contributed by atoms with Gasteiger partial charge in [-0.3, -0.25) is 4.98 Å². The number of aliphatic hydroxyl groups excluding tert-OH is 1. The third-order valence-corrected chi connectivity index (χ3v) is 4.11. The van der Waals surface area contributed by atoms with E-state index in [0.29, 0.717) is 0 Å². The van der Waals surface area contributed by atoms with Crippen molar-refractivity contribution < 1.29 is 13.9 Å². The lowest BCUT2D eigenvalue weighted by atomic mass is 9.99. The van der Waals surface area contributed by atoms with Crippen molar-refractivity contribution in [3.05, 3.63) is 53.9 Å². The molecule has 0 fully saturated rings. The fourth-order valence-electron chi connectivity index (χ4n) is 2.41. The van der Waals surface area contributed by atoms with Crippen LogP contribution in [0.25, 0.3) is 11.1 Å². The average Bonchev–Trinajstić information content (AvgIpc) is 2.60. The molecule has 0 bridgehead atoms. The molecule has 1 aromatic carbocycles. The molecule has 1 aromatic heterocycles. The second-order valence-electron chi connectivity index (χ2n) is 5.82. The minimum absolute atomic E-state index is 0.0680. The van der Waals surface area contributed by atoms with Crippen LogP contribution in [0.1, 0.15) is 30.7 Å². The van der Waals surface area contributed by atoms with Crippen molar-refractivity contribution >= 4 is 0 Å². The van der Waals surface area contributed by atoms with Gasteiger partial charge >= 0.3 is 0 Å². The molecule has 0 saturated carbocycles. The van der Waals surface area contributed by atoms with Gasteiger partial charge in [0.1, 0.15) is 5.69 Å². The minimum atomic E-state index is -3.01. The second-order valence-corrected chi connectivity index (χ2v) is 5.82. The number of benzene rings is 1. The predicted molar refractivity (Wildman–Crippen MR) is 90.7 cm³/mol. The summed E-state index contributed by atoms with van der Waals surface area (Å²) >= 11 is 0. The van der Waals surface area contributed by atoms with E-state index in [1.165, 1.54) is 12.3 Å². The normalized spacial score (nSPS) is 14.4. The van der Waals surface area contributed by atoms with Gasteiger partial charge in [0.25, 0.3) is 5.92 Å². The molecule has 24 heavy (non-hydrogen) atoms. The number of rotatable bonds is 7. The molecule has 0 aliphatic rings. The topological polar surface area (TPSA) is 71.2 Å². The lowest BCUT2D eigenvalue weighted by molar-refractivity contribution is -0.0151. The van der Waals surface area contributed by atoms with E-state index in [9.17, 15) is 13.9 Å². The molecule has 4 nitrogen and oxygen atoms in total. The molecule has 0 aliphatic heterocycles. The third kappa shape index (κ3) is 4.14. The molecule has 1 heterocycles. The van der Waals surface area contributed by atoms with Crippen molar-refractivity contribution in [2.45, 2.75) is 31.4 Å². The summed E-state index contributed by atoms with van der Waals surface area (Å²) in [6, 6.07) is 10.2. The fraction of sp³-hybridized carbons (Fsp3) is 0.389. The van der Waals surface area contributed by atoms with Gasteiger partial charge in [0.15, 0.2) is 0 Å². The van der Waals surface area contributed by atoms with Gasteiger partial charge in [-0.2, -0.15) is 8.78 Å². The number of nitrogens with one attached hydrogen (secondary N) is 1. The molecule has 130 valence electrons. The highest BCUT2D eigenvalue weighted by atomic mass is 19.3. The van der Waals surface area contributed by atoms with Crippen molar-refractivity contribution in [1.82, 2.24) is 10.3 Å². The Hall–Kier alpha value is -1.89. The quantitative estimate of drug-likeness (QED) is 0.728. The molecule has 0 radical (unpaired) electrons. The summed E-state index contributed by atoms with van der Waals surface area (Å²) in [6.07, 6.45) is 0.399. The molecule has 6 heteroatoms. The highest BCUT2D eigenvalue weighted by molar-refractivity contribution is 5.62. The predicted octanol–water partition coefficient (Wildman–Crippen LogP) is 2.83. The van der Waals surface area contributed by atoms with Crippen LogP contribution in [0.2, 0.25) is 0 Å². The summed E-state index contributed by atoms with van der Waals surface area (Å²) in [7, 11) is 1.79. The summed E-state index contributed by atoms with van der Waals surface area (Å²) in [5.41, 5.74) is 7.32. The van der Waals surface area contributed by atoms with E-state index < -0.39 is 18.4 Å². The highest BCUT2D eigenvalue weighted by Gasteiger charge is 2.31. The first-order valence-electron chi connectivity index (χ1n) is 7.89. The number of hydrogen-bond donors (Lipinski definition) is 3. The lowest BCUT2D eigenvalue weighted by Crippen LogP contribution is -2.28. The number of pyridine rings is 1. The van der Waals surface area contributed by atoms with Gasteiger partial charge in [0.05, 0.1) is 6.10 Å². The van der Waals surface area contributed by atoms with Crippen molar-refractivity contribution in [2.75, 3.05) is 13.6 Å². The van der Waals surface area contributed by atoms with Crippen LogP contribution in [0.15, 0.2) is 42.6 Å². The molecule has 4 N–H and O–H groups in total. The lowest BCUT2D eigenvalue weighted by Gasteiger charge is -2.18. The van der Waals surface area contributed by atoms with Crippen LogP contribution >= 0.6 is 0 Å². The van der Waals surface area contributed by atoms with Gasteiger partial charge in [-0.15, -0.1) is 0 Å². The molecule has 2 rings (SSSR count). The summed E-state index contributed by atoms with van der Waals surface area (Å²) < 4.78 is 27.5. The van der Waals surface area contributed by atoms with E-state index >= 15 is 0 Å². The SMILES string of the molecule is CN[C@H](C)[C@H](O)c1ccc(-c2ccc(C(F)(F)CCN)nc2)cc1. The van der Waals surface area contributed by atoms with Crippen molar-refractivity contribution in [3.63, 3.8) is 0 Å². The zero-order valence-corrected chi connectivity index (χ0v) is 13.8. The van der Waals surface area contributed by atoms with Gasteiger partial charge < -0.3 is 16.2 Å². The van der Waals surface area contributed by atoms with E-state index in [4.69, 9.17) is 5.73 Å². The summed E-state index contributed by atoms with van der Waals surface area (Å²) in [4.78, 5) is 3.88. The summed E-state index contributed by atoms with van der Waals surface area (Å²) in [5, 5.41) is 13.2. The number of alkyl halides is 2. The van der Waals surface area contributed by atoms with E-state index in [-0.39, 0.29) is 18.3 Å². The maximum atomic E-state index is 13.8. The Kier molecular flexibility index (Phi) is 5.99. The highest BCUT2D eigenvalue weighted by Crippen LogP contribution is 2.31. The molecule has 2 atom stereocenters. The first-order valence-corrected chi connectivity index (χ1v) is 7.89. The number of halogens is 2. The van der Waals surface area contributed by atoms with Crippen LogP contribution in [0, 0.1) is 0 Å². The van der Waals surface area contributed by atoms with Crippen molar-refractivity contribution in [1.29, 1.82) is 0 Å². The number of aromatic nitrogens is 1. The summed E-state index contributed by atoms with van der Waals surface area (Å²) in [5.74, 6) is -3.01. The van der Waals surface area contributed by atoms with Crippen LogP contribution in [-0.2, 0) is 5.92 Å². The number of aliphatic hydroxyl groups is 1. The Balaban J connectivity index is 2.18. The largest absolute Gasteiger partial charge is 0.387 e. The molecular weight excluding hydrogens is 312 g/mol. The maximum Gasteiger partial charge on any atom is 0.290 e. The second kappa shape index (κ2) is 7.79. The first kappa shape index (κ1) is 18.4. The van der Waals surface area contributed by atoms with Crippen LogP contribution in [-0.4, -0.2) is 29.7 Å². The van der Waals surface area contributed by atoms with Gasteiger partial charge in [-0.05, 0) is 37.7 Å². The number of nitrogens with zero attached hydrogens (tertiary/aromatic N) is 1. The molecule has 2 aromatic rings. The first-order chi connectivity index (χ1) is 11.4. The third-order valence-electron chi connectivity index (χ3n) is 4.11. The minimum Gasteiger partial charge on any atom is -0.387 e. The Morgan fingerprint density at radius 3 is 2.29 bits per heavy atom. The standard InChI is InChI=1S/C18H23F2N3O/c1-12(22-2)17(24)14-5-3-13(4-6-14)15-7-8-16(23-11-15)18(19,20)9-10-21/h3-8,11-12,17,22,24H,9-10,21H2,1-2H3/t12-,17+/m1/s1. The molecule has 0 unspecified atom stereocenters. The zero-order valence-electron chi connectivity index (χ0n) is 13.8. The molecule has 0 saturated heterocycles. The van der Waals surface area contributed by atoms with Gasteiger partial charge in [0, 0.05) is 24.2 Å². The van der Waals surface area contributed by atoms with Crippen molar-refractivity contribution in [2.24, 2.45) is 5.73 Å². The Morgan fingerprint density at radius 2 is 1.79 bits per heavy atom. The summed E-state index contributed by atoms with van der Waals surface area (Å²) in [6.45, 7) is 1.80. The smallest absolute Gasteiger partial charge is 0.290 e. The number of nitrogens with two attached hydrogens (primary N) is 1. The van der Waals surface area contributed by atoms with Crippen molar-refractivity contribution in [3.8, 4) is 11.1 Å². The fourth-order valence-corrected chi connectivity index (χ4v) is 2.41. The molecule has 0 spiro atoms. The maximum absolute atomic E-state index is 13.8. The Bertz CT molecular complexity index is 644. The van der Waals surface area contributed by atoms with Crippen LogP contribution in [0.3, 0.4) is 0 Å². The average molecular weight is 335 g/mol. The molecule has 0 aliphatic carbocycles. The van der Waals surface area contributed by atoms with E-state index in [0.717, 1.165) is 16.7 Å². The van der Waals surface area contributed by atoms with Crippen LogP contribution in [0.5, 0.6) is 0 Å². The van der Waals surface area contributed by atoms with Gasteiger partial charge in [0.2, 0.25) is 0 Å².